The Kier molecular flexibility index (Phi) is 9.46. The molecule has 0 atom stereocenters. The Morgan fingerprint density at radius 3 is 2.24 bits per heavy atom. The fourth-order valence-electron chi connectivity index (χ4n) is 4.27. The third-order valence-electron chi connectivity index (χ3n) is 6.10. The molecule has 0 saturated carbocycles. The molecule has 1 aliphatic heterocycles. The molecule has 2 aromatic rings. The summed E-state index contributed by atoms with van der Waals surface area (Å²) in [5, 5.41) is 20.4. The van der Waals surface area contributed by atoms with Crippen LogP contribution in [-0.2, 0) is 4.74 Å². The first-order valence-electron chi connectivity index (χ1n) is 10.8. The second-order valence-electron chi connectivity index (χ2n) is 8.04. The smallest absolute Gasteiger partial charge is 0.338 e. The van der Waals surface area contributed by atoms with Crippen LogP contribution >= 0.6 is 24.8 Å². The number of hydrogen-bond donors (Lipinski definition) is 2. The van der Waals surface area contributed by atoms with E-state index in [0.29, 0.717) is 6.42 Å². The molecule has 1 fully saturated rings. The SMILES string of the molecule is CCN1CCN(CCCOC(=O)c2cc(O)c3c(c2)C(=O)c2cccc(O)c2C3=O)CC1.Cl.Cl. The molecule has 1 heterocycles. The number of esters is 1. The first-order valence-corrected chi connectivity index (χ1v) is 10.8. The highest BCUT2D eigenvalue weighted by atomic mass is 35.5. The highest BCUT2D eigenvalue weighted by Gasteiger charge is 2.35. The van der Waals surface area contributed by atoms with E-state index in [0.717, 1.165) is 45.3 Å². The maximum Gasteiger partial charge on any atom is 0.338 e. The molecule has 1 saturated heterocycles. The number of likely N-dealkylation sites (N-methyl/N-ethyl adjacent to an activating group) is 1. The Bertz CT molecular complexity index is 1080. The van der Waals surface area contributed by atoms with Crippen molar-refractivity contribution in [2.45, 2.75) is 13.3 Å². The molecule has 0 amide bonds. The molecule has 8 nitrogen and oxygen atoms in total. The second-order valence-corrected chi connectivity index (χ2v) is 8.04. The molecule has 34 heavy (non-hydrogen) atoms. The van der Waals surface area contributed by atoms with Crippen molar-refractivity contribution >= 4 is 42.3 Å². The third kappa shape index (κ3) is 5.36. The average Bonchev–Trinajstić information content (AvgIpc) is 2.79. The summed E-state index contributed by atoms with van der Waals surface area (Å²) in [4.78, 5) is 42.9. The summed E-state index contributed by atoms with van der Waals surface area (Å²) in [6.07, 6.45) is 0.679. The van der Waals surface area contributed by atoms with Gasteiger partial charge in [0, 0.05) is 43.9 Å². The van der Waals surface area contributed by atoms with E-state index in [1.54, 1.807) is 0 Å². The number of piperazine rings is 1. The lowest BCUT2D eigenvalue weighted by Crippen LogP contribution is -2.46. The van der Waals surface area contributed by atoms with Crippen molar-refractivity contribution in [1.29, 1.82) is 0 Å². The minimum Gasteiger partial charge on any atom is -0.507 e. The van der Waals surface area contributed by atoms with Gasteiger partial charge in [0.25, 0.3) is 0 Å². The van der Waals surface area contributed by atoms with Crippen molar-refractivity contribution < 1.29 is 29.3 Å². The standard InChI is InChI=1S/C24H26N2O6.2ClH/c1-2-25-8-10-26(11-9-25)7-4-12-32-24(31)15-13-17-21(19(28)14-15)23(30)20-16(22(17)29)5-3-6-18(20)27;;/h3,5-6,13-14,27-28H,2,4,7-12H2,1H3;2*1H. The lowest BCUT2D eigenvalue weighted by molar-refractivity contribution is 0.0476. The predicted octanol–water partition coefficient (Wildman–Crippen LogP) is 2.90. The summed E-state index contributed by atoms with van der Waals surface area (Å²) < 4.78 is 5.33. The minimum absolute atomic E-state index is 0. The van der Waals surface area contributed by atoms with Gasteiger partial charge in [0.1, 0.15) is 11.5 Å². The second kappa shape index (κ2) is 11.7. The average molecular weight is 511 g/mol. The normalized spacial score (nSPS) is 15.6. The van der Waals surface area contributed by atoms with Crippen molar-refractivity contribution in [2.24, 2.45) is 0 Å². The number of aromatic hydroxyl groups is 2. The maximum absolute atomic E-state index is 12.9. The zero-order valence-electron chi connectivity index (χ0n) is 18.8. The van der Waals surface area contributed by atoms with E-state index in [-0.39, 0.29) is 65.0 Å². The molecule has 2 N–H and O–H groups in total. The highest BCUT2D eigenvalue weighted by molar-refractivity contribution is 6.30. The molecule has 184 valence electrons. The van der Waals surface area contributed by atoms with E-state index in [9.17, 15) is 24.6 Å². The Morgan fingerprint density at radius 1 is 0.912 bits per heavy atom. The number of fused-ring (bicyclic) bond motifs is 2. The number of halogens is 2. The number of ketones is 2. The first kappa shape index (κ1) is 27.6. The van der Waals surface area contributed by atoms with Gasteiger partial charge < -0.3 is 24.7 Å². The van der Waals surface area contributed by atoms with Crippen LogP contribution in [0.4, 0.5) is 0 Å². The Labute approximate surface area is 210 Å². The lowest BCUT2D eigenvalue weighted by Gasteiger charge is -2.33. The quantitative estimate of drug-likeness (QED) is 0.385. The van der Waals surface area contributed by atoms with Crippen LogP contribution < -0.4 is 0 Å². The van der Waals surface area contributed by atoms with Crippen LogP contribution in [0.2, 0.25) is 0 Å². The van der Waals surface area contributed by atoms with Crippen LogP contribution in [0.5, 0.6) is 11.5 Å². The van der Waals surface area contributed by atoms with Crippen molar-refractivity contribution in [3.63, 3.8) is 0 Å². The fourth-order valence-corrected chi connectivity index (χ4v) is 4.27. The number of hydrogen-bond acceptors (Lipinski definition) is 8. The molecule has 0 aromatic heterocycles. The summed E-state index contributed by atoms with van der Waals surface area (Å²) in [7, 11) is 0. The van der Waals surface area contributed by atoms with E-state index in [4.69, 9.17) is 4.74 Å². The van der Waals surface area contributed by atoms with Gasteiger partial charge in [-0.05, 0) is 31.2 Å². The fraction of sp³-hybridized carbons (Fsp3) is 0.375. The zero-order valence-corrected chi connectivity index (χ0v) is 20.4. The molecule has 1 aliphatic carbocycles. The molecule has 0 spiro atoms. The van der Waals surface area contributed by atoms with E-state index >= 15 is 0 Å². The van der Waals surface area contributed by atoms with Crippen LogP contribution in [0.15, 0.2) is 30.3 Å². The summed E-state index contributed by atoms with van der Waals surface area (Å²) >= 11 is 0. The van der Waals surface area contributed by atoms with Crippen molar-refractivity contribution in [3.8, 4) is 11.5 Å². The summed E-state index contributed by atoms with van der Waals surface area (Å²) in [6.45, 7) is 8.32. The molecule has 2 aromatic carbocycles. The van der Waals surface area contributed by atoms with Crippen molar-refractivity contribution in [3.05, 3.63) is 58.1 Å². The van der Waals surface area contributed by atoms with Crippen molar-refractivity contribution in [2.75, 3.05) is 45.9 Å². The highest BCUT2D eigenvalue weighted by Crippen LogP contribution is 2.37. The van der Waals surface area contributed by atoms with Gasteiger partial charge >= 0.3 is 5.97 Å². The molecule has 10 heteroatoms. The number of carbonyl (C=O) groups is 3. The molecular weight excluding hydrogens is 483 g/mol. The molecule has 0 radical (unpaired) electrons. The van der Waals surface area contributed by atoms with Gasteiger partial charge in [-0.25, -0.2) is 4.79 Å². The van der Waals surface area contributed by atoms with Crippen LogP contribution in [0.1, 0.15) is 55.5 Å². The van der Waals surface area contributed by atoms with Gasteiger partial charge in [-0.2, -0.15) is 0 Å². The summed E-state index contributed by atoms with van der Waals surface area (Å²) in [5.74, 6) is -2.68. The Hall–Kier alpha value is -2.65. The van der Waals surface area contributed by atoms with E-state index in [1.165, 1.54) is 24.3 Å². The van der Waals surface area contributed by atoms with Crippen LogP contribution in [-0.4, -0.2) is 83.4 Å². The monoisotopic (exact) mass is 510 g/mol. The third-order valence-corrected chi connectivity index (χ3v) is 6.10. The minimum atomic E-state index is -0.666. The summed E-state index contributed by atoms with van der Waals surface area (Å²) in [6, 6.07) is 6.60. The largest absolute Gasteiger partial charge is 0.507 e. The molecule has 0 unspecified atom stereocenters. The Balaban J connectivity index is 0.00000204. The lowest BCUT2D eigenvalue weighted by atomic mass is 9.82. The zero-order chi connectivity index (χ0) is 22.8. The van der Waals surface area contributed by atoms with Gasteiger partial charge in [0.05, 0.1) is 23.3 Å². The molecule has 4 rings (SSSR count). The number of phenolic OH excluding ortho intramolecular Hbond substituents is 2. The summed E-state index contributed by atoms with van der Waals surface area (Å²) in [5.41, 5.74) is -0.394. The maximum atomic E-state index is 12.9. The van der Waals surface area contributed by atoms with E-state index in [2.05, 4.69) is 16.7 Å². The predicted molar refractivity (Wildman–Crippen MR) is 131 cm³/mol. The number of benzene rings is 2. The van der Waals surface area contributed by atoms with Crippen molar-refractivity contribution in [1.82, 2.24) is 9.80 Å². The van der Waals surface area contributed by atoms with Crippen LogP contribution in [0, 0.1) is 0 Å². The van der Waals surface area contributed by atoms with Gasteiger partial charge in [0.15, 0.2) is 5.78 Å². The number of ether oxygens (including phenoxy) is 1. The number of nitrogens with zero attached hydrogens (tertiary/aromatic N) is 2. The van der Waals surface area contributed by atoms with Gasteiger partial charge in [0.2, 0.25) is 5.78 Å². The number of phenols is 2. The molecule has 2 aliphatic rings. The van der Waals surface area contributed by atoms with Crippen LogP contribution in [0.3, 0.4) is 0 Å². The van der Waals surface area contributed by atoms with Gasteiger partial charge in [-0.15, -0.1) is 24.8 Å². The van der Waals surface area contributed by atoms with E-state index < -0.39 is 23.3 Å². The molecular formula is C24H28Cl2N2O6. The van der Waals surface area contributed by atoms with E-state index in [1.807, 2.05) is 0 Å². The van der Waals surface area contributed by atoms with Gasteiger partial charge in [-0.3, -0.25) is 9.59 Å². The molecule has 0 bridgehead atoms. The van der Waals surface area contributed by atoms with Gasteiger partial charge in [-0.1, -0.05) is 19.1 Å². The Morgan fingerprint density at radius 2 is 1.56 bits per heavy atom. The number of carbonyl (C=O) groups excluding carboxylic acids is 3. The first-order chi connectivity index (χ1) is 15.4. The topological polar surface area (TPSA) is 107 Å². The number of rotatable bonds is 6. The van der Waals surface area contributed by atoms with Crippen LogP contribution in [0.25, 0.3) is 0 Å².